The summed E-state index contributed by atoms with van der Waals surface area (Å²) in [6.07, 6.45) is -4.56. The van der Waals surface area contributed by atoms with Crippen LogP contribution in [-0.2, 0) is 11.2 Å². The summed E-state index contributed by atoms with van der Waals surface area (Å²) in [4.78, 5) is 29.0. The van der Waals surface area contributed by atoms with E-state index in [1.165, 1.54) is 12.1 Å². The lowest BCUT2D eigenvalue weighted by Gasteiger charge is -2.10. The number of amides is 1. The van der Waals surface area contributed by atoms with E-state index in [-0.39, 0.29) is 34.8 Å². The minimum absolute atomic E-state index is 0.0232. The van der Waals surface area contributed by atoms with Crippen LogP contribution < -0.4 is 15.6 Å². The molecule has 6 nitrogen and oxygen atoms in total. The highest BCUT2D eigenvalue weighted by molar-refractivity contribution is 7.71. The van der Waals surface area contributed by atoms with Gasteiger partial charge in [-0.2, -0.15) is 0 Å². The second kappa shape index (κ2) is 7.51. The van der Waals surface area contributed by atoms with Crippen molar-refractivity contribution in [1.29, 1.82) is 0 Å². The summed E-state index contributed by atoms with van der Waals surface area (Å²) in [6.45, 7) is 1.68. The third kappa shape index (κ3) is 5.75. The zero-order valence-electron chi connectivity index (χ0n) is 13.0. The molecule has 1 amide bonds. The molecule has 25 heavy (non-hydrogen) atoms. The van der Waals surface area contributed by atoms with E-state index in [9.17, 15) is 22.8 Å². The molecule has 0 saturated heterocycles. The SMILES string of the molecule is Cc1[nH]c(=S)[nH]c(=O)c1CCC(=O)Nc1ccc(OC(F)(F)F)cc1. The smallest absolute Gasteiger partial charge is 0.406 e. The Kier molecular flexibility index (Phi) is 5.62. The quantitative estimate of drug-likeness (QED) is 0.703. The minimum Gasteiger partial charge on any atom is -0.406 e. The summed E-state index contributed by atoms with van der Waals surface area (Å²) < 4.78 is 40.2. The van der Waals surface area contributed by atoms with Crippen molar-refractivity contribution in [3.05, 3.63) is 50.6 Å². The van der Waals surface area contributed by atoms with Gasteiger partial charge in [0.15, 0.2) is 4.77 Å². The van der Waals surface area contributed by atoms with Crippen molar-refractivity contribution < 1.29 is 22.7 Å². The number of H-pyrrole nitrogens is 2. The summed E-state index contributed by atoms with van der Waals surface area (Å²) in [7, 11) is 0. The molecule has 10 heteroatoms. The number of aryl methyl sites for hydroxylation is 1. The number of halogens is 3. The van der Waals surface area contributed by atoms with Gasteiger partial charge in [-0.25, -0.2) is 0 Å². The van der Waals surface area contributed by atoms with Crippen LogP contribution in [0, 0.1) is 11.7 Å². The number of carbonyl (C=O) groups is 1. The first kappa shape index (κ1) is 18.7. The van der Waals surface area contributed by atoms with E-state index in [2.05, 4.69) is 20.0 Å². The largest absolute Gasteiger partial charge is 0.573 e. The molecule has 0 aliphatic heterocycles. The Morgan fingerprint density at radius 3 is 2.44 bits per heavy atom. The second-order valence-electron chi connectivity index (χ2n) is 5.13. The van der Waals surface area contributed by atoms with Crippen LogP contribution in [0.5, 0.6) is 5.75 Å². The van der Waals surface area contributed by atoms with Gasteiger partial charge in [-0.1, -0.05) is 0 Å². The van der Waals surface area contributed by atoms with Crippen molar-refractivity contribution in [3.63, 3.8) is 0 Å². The molecule has 0 unspecified atom stereocenters. The third-order valence-corrected chi connectivity index (χ3v) is 3.43. The van der Waals surface area contributed by atoms with Crippen molar-refractivity contribution in [1.82, 2.24) is 9.97 Å². The van der Waals surface area contributed by atoms with Gasteiger partial charge in [0, 0.05) is 23.4 Å². The zero-order valence-corrected chi connectivity index (χ0v) is 13.8. The lowest BCUT2D eigenvalue weighted by Crippen LogP contribution is -2.19. The van der Waals surface area contributed by atoms with E-state index >= 15 is 0 Å². The van der Waals surface area contributed by atoms with Gasteiger partial charge >= 0.3 is 6.36 Å². The molecule has 0 fully saturated rings. The van der Waals surface area contributed by atoms with Crippen molar-refractivity contribution >= 4 is 23.8 Å². The van der Waals surface area contributed by atoms with Crippen molar-refractivity contribution in [2.75, 3.05) is 5.32 Å². The number of hydrogen-bond donors (Lipinski definition) is 3. The fourth-order valence-electron chi connectivity index (χ4n) is 2.13. The molecule has 3 N–H and O–H groups in total. The molecule has 2 rings (SSSR count). The van der Waals surface area contributed by atoms with Crippen LogP contribution in [0.3, 0.4) is 0 Å². The number of hydrogen-bond acceptors (Lipinski definition) is 4. The number of anilines is 1. The predicted molar refractivity (Wildman–Crippen MR) is 87.1 cm³/mol. The van der Waals surface area contributed by atoms with Gasteiger partial charge < -0.3 is 15.0 Å². The highest BCUT2D eigenvalue weighted by Crippen LogP contribution is 2.24. The highest BCUT2D eigenvalue weighted by Gasteiger charge is 2.30. The van der Waals surface area contributed by atoms with Gasteiger partial charge in [0.25, 0.3) is 5.56 Å². The number of benzene rings is 1. The van der Waals surface area contributed by atoms with Crippen molar-refractivity contribution in [2.45, 2.75) is 26.1 Å². The Hall–Kier alpha value is -2.62. The molecule has 1 aromatic heterocycles. The predicted octanol–water partition coefficient (Wildman–Crippen LogP) is 3.21. The maximum atomic E-state index is 12.1. The maximum Gasteiger partial charge on any atom is 0.573 e. The summed E-state index contributed by atoms with van der Waals surface area (Å²) >= 11 is 4.84. The molecule has 0 atom stereocenters. The monoisotopic (exact) mass is 373 g/mol. The molecule has 1 heterocycles. The molecule has 134 valence electrons. The van der Waals surface area contributed by atoms with Crippen LogP contribution in [0.2, 0.25) is 0 Å². The van der Waals surface area contributed by atoms with Crippen LogP contribution in [0.1, 0.15) is 17.7 Å². The summed E-state index contributed by atoms with van der Waals surface area (Å²) in [5.41, 5.74) is 0.952. The van der Waals surface area contributed by atoms with E-state index in [0.717, 1.165) is 12.1 Å². The molecule has 0 aliphatic carbocycles. The molecule has 2 aromatic rings. The van der Waals surface area contributed by atoms with Crippen LogP contribution in [0.25, 0.3) is 0 Å². The van der Waals surface area contributed by atoms with E-state index in [1.807, 2.05) is 0 Å². The topological polar surface area (TPSA) is 87.0 Å². The highest BCUT2D eigenvalue weighted by atomic mass is 32.1. The number of ether oxygens (including phenoxy) is 1. The number of nitrogens with one attached hydrogen (secondary N) is 3. The lowest BCUT2D eigenvalue weighted by molar-refractivity contribution is -0.274. The van der Waals surface area contributed by atoms with E-state index in [4.69, 9.17) is 12.2 Å². The third-order valence-electron chi connectivity index (χ3n) is 3.23. The average Bonchev–Trinajstić information content (AvgIpc) is 2.46. The van der Waals surface area contributed by atoms with E-state index in [1.54, 1.807) is 6.92 Å². The van der Waals surface area contributed by atoms with Gasteiger partial charge in [-0.3, -0.25) is 14.6 Å². The fourth-order valence-corrected chi connectivity index (χ4v) is 2.37. The Labute approximate surface area is 145 Å². The van der Waals surface area contributed by atoms with Crippen molar-refractivity contribution in [2.24, 2.45) is 0 Å². The molecule has 0 spiro atoms. The molecule has 0 bridgehead atoms. The van der Waals surface area contributed by atoms with E-state index in [0.29, 0.717) is 16.9 Å². The molecule has 0 aliphatic rings. The summed E-state index contributed by atoms with van der Waals surface area (Å²) in [5, 5.41) is 2.53. The first-order chi connectivity index (χ1) is 11.6. The van der Waals surface area contributed by atoms with Crippen LogP contribution in [0.15, 0.2) is 29.1 Å². The Morgan fingerprint density at radius 2 is 1.88 bits per heavy atom. The molecule has 0 radical (unpaired) electrons. The van der Waals surface area contributed by atoms with Gasteiger partial charge in [-0.15, -0.1) is 13.2 Å². The standard InChI is InChI=1S/C15H14F3N3O3S/c1-8-11(13(23)21-14(25)19-8)6-7-12(22)20-9-2-4-10(5-3-9)24-15(16,17)18/h2-5H,6-7H2,1H3,(H,20,22)(H2,19,21,23,25). The Balaban J connectivity index is 1.95. The van der Waals surface area contributed by atoms with Gasteiger partial charge in [-0.05, 0) is 49.8 Å². The van der Waals surface area contributed by atoms with E-state index < -0.39 is 6.36 Å². The van der Waals surface area contributed by atoms with Crippen molar-refractivity contribution in [3.8, 4) is 5.75 Å². The Bertz CT molecular complexity index is 873. The van der Waals surface area contributed by atoms with Gasteiger partial charge in [0.2, 0.25) is 5.91 Å². The normalized spacial score (nSPS) is 11.2. The fraction of sp³-hybridized carbons (Fsp3) is 0.267. The zero-order chi connectivity index (χ0) is 18.6. The van der Waals surface area contributed by atoms with Crippen LogP contribution in [0.4, 0.5) is 18.9 Å². The van der Waals surface area contributed by atoms with Gasteiger partial charge in [0.1, 0.15) is 5.75 Å². The molecular weight excluding hydrogens is 359 g/mol. The second-order valence-corrected chi connectivity index (χ2v) is 5.54. The number of alkyl halides is 3. The summed E-state index contributed by atoms with van der Waals surface area (Å²) in [5.74, 6) is -0.766. The van der Waals surface area contributed by atoms with Crippen LogP contribution in [-0.4, -0.2) is 22.2 Å². The average molecular weight is 373 g/mol. The first-order valence-electron chi connectivity index (χ1n) is 7.12. The van der Waals surface area contributed by atoms with Gasteiger partial charge in [0.05, 0.1) is 0 Å². The molecule has 1 aromatic carbocycles. The number of rotatable bonds is 5. The maximum absolute atomic E-state index is 12.1. The molecular formula is C15H14F3N3O3S. The number of aromatic nitrogens is 2. The molecule has 0 saturated carbocycles. The first-order valence-corrected chi connectivity index (χ1v) is 7.52. The number of aromatic amines is 2. The Morgan fingerprint density at radius 1 is 1.24 bits per heavy atom. The van der Waals surface area contributed by atoms with Crippen LogP contribution >= 0.6 is 12.2 Å². The number of carbonyl (C=O) groups excluding carboxylic acids is 1. The summed E-state index contributed by atoms with van der Waals surface area (Å²) in [6, 6.07) is 4.76. The lowest BCUT2D eigenvalue weighted by atomic mass is 10.1. The minimum atomic E-state index is -4.77.